The van der Waals surface area contributed by atoms with Gasteiger partial charge < -0.3 is 10.2 Å². The molecule has 2 heterocycles. The van der Waals surface area contributed by atoms with Crippen molar-refractivity contribution in [3.8, 4) is 11.3 Å². The quantitative estimate of drug-likeness (QED) is 0.208. The molecule has 2 N–H and O–H groups in total. The molecular weight excluding hydrogens is 482 g/mol. The molecule has 3 aromatic carbocycles. The number of thiazole rings is 1. The van der Waals surface area contributed by atoms with Gasteiger partial charge in [-0.2, -0.15) is 0 Å². The third-order valence-corrected chi connectivity index (χ3v) is 6.86. The zero-order chi connectivity index (χ0) is 24.4. The Morgan fingerprint density at radius 2 is 1.86 bits per heavy atom. The van der Waals surface area contributed by atoms with Gasteiger partial charge in [-0.3, -0.25) is 20.2 Å². The van der Waals surface area contributed by atoms with Gasteiger partial charge in [-0.15, -0.1) is 11.3 Å². The Labute approximate surface area is 210 Å². The number of amides is 1. The number of aromatic nitrogens is 1. The molecule has 1 saturated heterocycles. The molecule has 1 fully saturated rings. The predicted molar refractivity (Wildman–Crippen MR) is 143 cm³/mol. The van der Waals surface area contributed by atoms with Crippen molar-refractivity contribution in [3.63, 3.8) is 0 Å². The first-order valence-corrected chi connectivity index (χ1v) is 12.4. The van der Waals surface area contributed by atoms with Gasteiger partial charge in [0, 0.05) is 35.7 Å². The van der Waals surface area contributed by atoms with E-state index in [0.717, 1.165) is 48.0 Å². The minimum Gasteiger partial charge on any atom is -0.366 e. The molecule has 0 spiro atoms. The lowest BCUT2D eigenvalue weighted by molar-refractivity contribution is -0.384. The average molecular weight is 504 g/mol. The highest BCUT2D eigenvalue weighted by Gasteiger charge is 2.24. The molecule has 0 aliphatic carbocycles. The van der Waals surface area contributed by atoms with E-state index in [1.807, 2.05) is 34.5 Å². The van der Waals surface area contributed by atoms with Gasteiger partial charge >= 0.3 is 0 Å². The van der Waals surface area contributed by atoms with Crippen LogP contribution >= 0.6 is 23.6 Å². The van der Waals surface area contributed by atoms with Crippen LogP contribution in [0.15, 0.2) is 66.0 Å². The Hall–Kier alpha value is -3.89. The van der Waals surface area contributed by atoms with Crippen LogP contribution in [0.1, 0.15) is 23.2 Å². The molecule has 0 radical (unpaired) electrons. The van der Waals surface area contributed by atoms with E-state index in [2.05, 4.69) is 33.8 Å². The van der Waals surface area contributed by atoms with Gasteiger partial charge in [-0.1, -0.05) is 42.5 Å². The minimum absolute atomic E-state index is 0.0695. The molecular formula is C25H21N5O3S2. The third kappa shape index (κ3) is 4.84. The first-order chi connectivity index (χ1) is 17.0. The van der Waals surface area contributed by atoms with Crippen LogP contribution in [0.5, 0.6) is 0 Å². The van der Waals surface area contributed by atoms with Crippen molar-refractivity contribution in [1.29, 1.82) is 0 Å². The summed E-state index contributed by atoms with van der Waals surface area (Å²) in [5.41, 5.74) is 2.43. The van der Waals surface area contributed by atoms with E-state index in [4.69, 9.17) is 12.2 Å². The van der Waals surface area contributed by atoms with Gasteiger partial charge in [-0.05, 0) is 48.0 Å². The molecule has 1 aliphatic rings. The number of hydrogen-bond donors (Lipinski definition) is 2. The van der Waals surface area contributed by atoms with Crippen LogP contribution < -0.4 is 15.5 Å². The van der Waals surface area contributed by atoms with E-state index in [1.165, 1.54) is 17.4 Å². The number of fused-ring (bicyclic) bond motifs is 1. The molecule has 1 aliphatic heterocycles. The molecule has 1 aromatic heterocycles. The largest absolute Gasteiger partial charge is 0.366 e. The van der Waals surface area contributed by atoms with Gasteiger partial charge in [0.1, 0.15) is 5.69 Å². The van der Waals surface area contributed by atoms with Crippen molar-refractivity contribution >= 4 is 61.9 Å². The average Bonchev–Trinajstić information content (AvgIpc) is 3.56. The summed E-state index contributed by atoms with van der Waals surface area (Å²) in [7, 11) is 0. The number of anilines is 2. The molecule has 35 heavy (non-hydrogen) atoms. The Kier molecular flexibility index (Phi) is 6.39. The summed E-state index contributed by atoms with van der Waals surface area (Å²) < 4.78 is 0. The Bertz CT molecular complexity index is 1440. The van der Waals surface area contributed by atoms with Crippen LogP contribution in [0.4, 0.5) is 16.5 Å². The molecule has 4 aromatic rings. The van der Waals surface area contributed by atoms with Gasteiger partial charge in [0.25, 0.3) is 11.6 Å². The monoisotopic (exact) mass is 503 g/mol. The highest BCUT2D eigenvalue weighted by atomic mass is 32.1. The third-order valence-electron chi connectivity index (χ3n) is 5.90. The lowest BCUT2D eigenvalue weighted by Crippen LogP contribution is -2.34. The van der Waals surface area contributed by atoms with Crippen LogP contribution in [0, 0.1) is 10.1 Å². The van der Waals surface area contributed by atoms with Gasteiger partial charge in [0.2, 0.25) is 0 Å². The number of nitrogens with zero attached hydrogens (tertiary/aromatic N) is 3. The van der Waals surface area contributed by atoms with E-state index in [0.29, 0.717) is 10.8 Å². The Morgan fingerprint density at radius 1 is 1.09 bits per heavy atom. The van der Waals surface area contributed by atoms with Crippen molar-refractivity contribution in [3.05, 3.63) is 81.7 Å². The van der Waals surface area contributed by atoms with Crippen LogP contribution in [0.25, 0.3) is 22.0 Å². The number of carbonyl (C=O) groups is 1. The smallest absolute Gasteiger partial charge is 0.293 e. The number of rotatable bonds is 5. The second-order valence-corrected chi connectivity index (χ2v) is 9.39. The highest BCUT2D eigenvalue weighted by Crippen LogP contribution is 2.32. The van der Waals surface area contributed by atoms with Crippen LogP contribution in [-0.2, 0) is 0 Å². The topological polar surface area (TPSA) is 100 Å². The second-order valence-electron chi connectivity index (χ2n) is 8.13. The highest BCUT2D eigenvalue weighted by molar-refractivity contribution is 7.80. The lowest BCUT2D eigenvalue weighted by atomic mass is 10.0. The summed E-state index contributed by atoms with van der Waals surface area (Å²) in [4.78, 5) is 30.5. The molecule has 5 rings (SSSR count). The van der Waals surface area contributed by atoms with E-state index < -0.39 is 10.8 Å². The molecule has 10 heteroatoms. The van der Waals surface area contributed by atoms with Crippen molar-refractivity contribution in [2.75, 3.05) is 23.3 Å². The van der Waals surface area contributed by atoms with Crippen molar-refractivity contribution in [2.24, 2.45) is 0 Å². The van der Waals surface area contributed by atoms with Gasteiger partial charge in [-0.25, -0.2) is 4.98 Å². The first kappa shape index (κ1) is 22.9. The zero-order valence-electron chi connectivity index (χ0n) is 18.6. The van der Waals surface area contributed by atoms with E-state index in [1.54, 1.807) is 12.1 Å². The lowest BCUT2D eigenvalue weighted by Gasteiger charge is -2.17. The van der Waals surface area contributed by atoms with E-state index >= 15 is 0 Å². The van der Waals surface area contributed by atoms with Gasteiger partial charge in [0.15, 0.2) is 10.2 Å². The number of nitro groups is 1. The van der Waals surface area contributed by atoms with Crippen molar-refractivity contribution < 1.29 is 9.72 Å². The number of benzene rings is 3. The summed E-state index contributed by atoms with van der Waals surface area (Å²) in [6.45, 7) is 1.55. The standard InChI is InChI=1S/C25H21N5O3S2/c31-23(17-10-11-21(22(14-17)30(32)33)29-12-3-4-13-29)27-24(34)28-25-26-20(15-35-25)19-9-5-7-16-6-1-2-8-18(16)19/h1-2,5-11,14-15H,3-4,12-13H2,(H2,26,27,28,31,34). The summed E-state index contributed by atoms with van der Waals surface area (Å²) in [5, 5.41) is 21.9. The van der Waals surface area contributed by atoms with Crippen LogP contribution in [0.2, 0.25) is 0 Å². The minimum atomic E-state index is -0.524. The fraction of sp³-hybridized carbons (Fsp3) is 0.160. The molecule has 0 saturated carbocycles. The fourth-order valence-corrected chi connectivity index (χ4v) is 5.21. The molecule has 176 valence electrons. The van der Waals surface area contributed by atoms with Crippen molar-refractivity contribution in [2.45, 2.75) is 12.8 Å². The Morgan fingerprint density at radius 3 is 2.66 bits per heavy atom. The Balaban J connectivity index is 1.29. The van der Waals surface area contributed by atoms with Crippen LogP contribution in [0.3, 0.4) is 0 Å². The molecule has 0 atom stereocenters. The maximum Gasteiger partial charge on any atom is 0.293 e. The molecule has 0 unspecified atom stereocenters. The fourth-order valence-electron chi connectivity index (χ4n) is 4.24. The normalized spacial score (nSPS) is 13.1. The number of hydrogen-bond acceptors (Lipinski definition) is 7. The van der Waals surface area contributed by atoms with Crippen LogP contribution in [-0.4, -0.2) is 34.0 Å². The summed E-state index contributed by atoms with van der Waals surface area (Å²) in [6.07, 6.45) is 2.00. The second kappa shape index (κ2) is 9.77. The summed E-state index contributed by atoms with van der Waals surface area (Å²) in [6, 6.07) is 18.7. The SMILES string of the molecule is O=C(NC(=S)Nc1nc(-c2cccc3ccccc23)cs1)c1ccc(N2CCCC2)c([N+](=O)[O-])c1. The number of nitrogens with one attached hydrogen (secondary N) is 2. The maximum atomic E-state index is 12.7. The molecule has 8 nitrogen and oxygen atoms in total. The predicted octanol–water partition coefficient (Wildman–Crippen LogP) is 5.60. The number of nitro benzene ring substituents is 1. The number of carbonyl (C=O) groups excluding carboxylic acids is 1. The zero-order valence-corrected chi connectivity index (χ0v) is 20.2. The van der Waals surface area contributed by atoms with Crippen molar-refractivity contribution in [1.82, 2.24) is 10.3 Å². The maximum absolute atomic E-state index is 12.7. The number of thiocarbonyl (C=S) groups is 1. The summed E-state index contributed by atoms with van der Waals surface area (Å²) in [5.74, 6) is -0.524. The first-order valence-electron chi connectivity index (χ1n) is 11.1. The van der Waals surface area contributed by atoms with E-state index in [-0.39, 0.29) is 16.4 Å². The molecule has 1 amide bonds. The van der Waals surface area contributed by atoms with E-state index in [9.17, 15) is 14.9 Å². The summed E-state index contributed by atoms with van der Waals surface area (Å²) >= 11 is 6.67. The van der Waals surface area contributed by atoms with Gasteiger partial charge in [0.05, 0.1) is 10.6 Å². The molecule has 0 bridgehead atoms.